The first-order chi connectivity index (χ1) is 13.1. The fourth-order valence-electron chi connectivity index (χ4n) is 2.10. The van der Waals surface area contributed by atoms with Gasteiger partial charge in [0.1, 0.15) is 5.75 Å². The van der Waals surface area contributed by atoms with Gasteiger partial charge in [0.2, 0.25) is 0 Å². The molecular weight excluding hydrogens is 410 g/mol. The molecule has 142 valence electrons. The Labute approximate surface area is 167 Å². The van der Waals surface area contributed by atoms with Gasteiger partial charge in [-0.25, -0.2) is 5.43 Å². The third-order valence-corrected chi connectivity index (χ3v) is 4.04. The van der Waals surface area contributed by atoms with Crippen molar-refractivity contribution in [2.24, 2.45) is 5.10 Å². The maximum absolute atomic E-state index is 12.0. The number of ether oxygens (including phenoxy) is 1. The van der Waals surface area contributed by atoms with Crippen LogP contribution in [0.2, 0.25) is 0 Å². The summed E-state index contributed by atoms with van der Waals surface area (Å²) in [5, 5.41) is 6.43. The van der Waals surface area contributed by atoms with Crippen LogP contribution in [0.25, 0.3) is 0 Å². The Morgan fingerprint density at radius 1 is 1.19 bits per heavy atom. The molecule has 2 aromatic carbocycles. The molecule has 6 nitrogen and oxygen atoms in total. The fourth-order valence-corrected chi connectivity index (χ4v) is 2.49. The molecule has 0 aliphatic heterocycles. The van der Waals surface area contributed by atoms with Gasteiger partial charge in [-0.05, 0) is 54.4 Å². The zero-order chi connectivity index (χ0) is 19.5. The van der Waals surface area contributed by atoms with Crippen molar-refractivity contribution in [3.05, 3.63) is 64.1 Å². The molecule has 0 saturated carbocycles. The number of amides is 2. The summed E-state index contributed by atoms with van der Waals surface area (Å²) in [6.45, 7) is 2.65. The number of carbonyl (C=O) groups excluding carboxylic acids is 2. The Morgan fingerprint density at radius 2 is 1.96 bits per heavy atom. The van der Waals surface area contributed by atoms with Gasteiger partial charge < -0.3 is 10.1 Å². The predicted octanol–water partition coefficient (Wildman–Crippen LogP) is 3.51. The SMILES string of the molecule is CCCCOc1ccc(/C=N\NC(=O)CNC(=O)c2cccc(Br)c2)cc1. The van der Waals surface area contributed by atoms with E-state index < -0.39 is 5.91 Å². The molecule has 0 saturated heterocycles. The van der Waals surface area contributed by atoms with Crippen LogP contribution < -0.4 is 15.5 Å². The molecular formula is C20H22BrN3O3. The molecule has 0 fully saturated rings. The normalized spacial score (nSPS) is 10.6. The number of hydrogen-bond donors (Lipinski definition) is 2. The number of halogens is 1. The summed E-state index contributed by atoms with van der Waals surface area (Å²) in [6, 6.07) is 14.4. The standard InChI is InChI=1S/C20H22BrN3O3/c1-2-3-11-27-18-9-7-15(8-10-18)13-23-24-19(25)14-22-20(26)16-5-4-6-17(21)12-16/h4-10,12-13H,2-3,11,14H2,1H3,(H,22,26)(H,24,25)/b23-13-. The van der Waals surface area contributed by atoms with E-state index in [-0.39, 0.29) is 12.5 Å². The Morgan fingerprint density at radius 3 is 2.67 bits per heavy atom. The number of carbonyl (C=O) groups is 2. The van der Waals surface area contributed by atoms with Crippen molar-refractivity contribution in [3.8, 4) is 5.75 Å². The largest absolute Gasteiger partial charge is 0.494 e. The lowest BCUT2D eigenvalue weighted by atomic mass is 10.2. The van der Waals surface area contributed by atoms with Crippen LogP contribution in [0.5, 0.6) is 5.75 Å². The van der Waals surface area contributed by atoms with E-state index in [2.05, 4.69) is 38.7 Å². The van der Waals surface area contributed by atoms with Gasteiger partial charge in [0.05, 0.1) is 19.4 Å². The summed E-state index contributed by atoms with van der Waals surface area (Å²) in [5.74, 6) is 0.0723. The number of rotatable bonds is 9. The third-order valence-electron chi connectivity index (χ3n) is 3.55. The summed E-state index contributed by atoms with van der Waals surface area (Å²) in [5.41, 5.74) is 3.69. The van der Waals surface area contributed by atoms with Gasteiger partial charge in [-0.15, -0.1) is 0 Å². The number of nitrogens with one attached hydrogen (secondary N) is 2. The molecule has 2 rings (SSSR count). The molecule has 0 atom stereocenters. The minimum atomic E-state index is -0.408. The average Bonchev–Trinajstić information content (AvgIpc) is 2.67. The summed E-state index contributed by atoms with van der Waals surface area (Å²) in [6.07, 6.45) is 3.64. The zero-order valence-corrected chi connectivity index (χ0v) is 16.7. The van der Waals surface area contributed by atoms with Crippen molar-refractivity contribution >= 4 is 34.0 Å². The minimum Gasteiger partial charge on any atom is -0.494 e. The van der Waals surface area contributed by atoms with Crippen LogP contribution in [-0.4, -0.2) is 31.2 Å². The van der Waals surface area contributed by atoms with E-state index in [9.17, 15) is 9.59 Å². The van der Waals surface area contributed by atoms with Crippen LogP contribution in [0.1, 0.15) is 35.7 Å². The van der Waals surface area contributed by atoms with Crippen LogP contribution >= 0.6 is 15.9 Å². The van der Waals surface area contributed by atoms with Crippen molar-refractivity contribution in [2.75, 3.05) is 13.2 Å². The summed E-state index contributed by atoms with van der Waals surface area (Å²) in [4.78, 5) is 23.7. The van der Waals surface area contributed by atoms with E-state index in [4.69, 9.17) is 4.74 Å². The number of benzene rings is 2. The van der Waals surface area contributed by atoms with Crippen LogP contribution in [0.4, 0.5) is 0 Å². The molecule has 0 bridgehead atoms. The lowest BCUT2D eigenvalue weighted by Gasteiger charge is -2.05. The highest BCUT2D eigenvalue weighted by atomic mass is 79.9. The van der Waals surface area contributed by atoms with Gasteiger partial charge in [0.15, 0.2) is 0 Å². The van der Waals surface area contributed by atoms with Crippen LogP contribution in [-0.2, 0) is 4.79 Å². The molecule has 0 aromatic heterocycles. The van der Waals surface area contributed by atoms with Crippen LogP contribution in [0.3, 0.4) is 0 Å². The molecule has 0 radical (unpaired) electrons. The van der Waals surface area contributed by atoms with Gasteiger partial charge in [0, 0.05) is 10.0 Å². The van der Waals surface area contributed by atoms with Gasteiger partial charge in [0.25, 0.3) is 11.8 Å². The molecule has 2 N–H and O–H groups in total. The predicted molar refractivity (Wildman–Crippen MR) is 109 cm³/mol. The summed E-state index contributed by atoms with van der Waals surface area (Å²) < 4.78 is 6.38. The van der Waals surface area contributed by atoms with Crippen LogP contribution in [0.15, 0.2) is 58.1 Å². The molecule has 7 heteroatoms. The second kappa shape index (κ2) is 11.1. The molecule has 0 unspecified atom stereocenters. The van der Waals surface area contributed by atoms with Gasteiger partial charge in [-0.1, -0.05) is 35.3 Å². The summed E-state index contributed by atoms with van der Waals surface area (Å²) >= 11 is 3.30. The quantitative estimate of drug-likeness (QED) is 0.362. The molecule has 0 heterocycles. The number of hydrazone groups is 1. The maximum atomic E-state index is 12.0. The van der Waals surface area contributed by atoms with Crippen molar-refractivity contribution in [3.63, 3.8) is 0 Å². The highest BCUT2D eigenvalue weighted by Crippen LogP contribution is 2.12. The Hall–Kier alpha value is -2.67. The fraction of sp³-hybridized carbons (Fsp3) is 0.250. The van der Waals surface area contributed by atoms with Crippen LogP contribution in [0, 0.1) is 0 Å². The topological polar surface area (TPSA) is 79.8 Å². The van der Waals surface area contributed by atoms with Crippen molar-refractivity contribution in [1.29, 1.82) is 0 Å². The molecule has 27 heavy (non-hydrogen) atoms. The average molecular weight is 432 g/mol. The van der Waals surface area contributed by atoms with E-state index in [0.717, 1.165) is 28.6 Å². The molecule has 0 spiro atoms. The summed E-state index contributed by atoms with van der Waals surface area (Å²) in [7, 11) is 0. The van der Waals surface area contributed by atoms with Crippen molar-refractivity contribution in [2.45, 2.75) is 19.8 Å². The molecule has 2 amide bonds. The smallest absolute Gasteiger partial charge is 0.259 e. The first-order valence-corrected chi connectivity index (χ1v) is 9.46. The Bertz CT molecular complexity index is 791. The lowest BCUT2D eigenvalue weighted by molar-refractivity contribution is -0.120. The Balaban J connectivity index is 1.73. The monoisotopic (exact) mass is 431 g/mol. The maximum Gasteiger partial charge on any atom is 0.259 e. The van der Waals surface area contributed by atoms with Gasteiger partial charge in [-0.2, -0.15) is 5.10 Å². The van der Waals surface area contributed by atoms with Crippen molar-refractivity contribution < 1.29 is 14.3 Å². The number of unbranched alkanes of at least 4 members (excludes halogenated alkanes) is 1. The number of nitrogens with zero attached hydrogens (tertiary/aromatic N) is 1. The highest BCUT2D eigenvalue weighted by Gasteiger charge is 2.07. The minimum absolute atomic E-state index is 0.160. The zero-order valence-electron chi connectivity index (χ0n) is 15.1. The van der Waals surface area contributed by atoms with E-state index in [1.54, 1.807) is 18.2 Å². The first kappa shape index (κ1) is 20.6. The first-order valence-electron chi connectivity index (χ1n) is 8.67. The number of hydrogen-bond acceptors (Lipinski definition) is 4. The third kappa shape index (κ3) is 7.62. The molecule has 0 aliphatic rings. The van der Waals surface area contributed by atoms with E-state index >= 15 is 0 Å². The molecule has 0 aliphatic carbocycles. The lowest BCUT2D eigenvalue weighted by Crippen LogP contribution is -2.34. The Kier molecular flexibility index (Phi) is 8.51. The van der Waals surface area contributed by atoms with E-state index in [1.807, 2.05) is 30.3 Å². The second-order valence-electron chi connectivity index (χ2n) is 5.76. The van der Waals surface area contributed by atoms with E-state index in [0.29, 0.717) is 12.2 Å². The van der Waals surface area contributed by atoms with Gasteiger partial charge in [-0.3, -0.25) is 9.59 Å². The van der Waals surface area contributed by atoms with Crippen molar-refractivity contribution in [1.82, 2.24) is 10.7 Å². The molecule has 2 aromatic rings. The highest BCUT2D eigenvalue weighted by molar-refractivity contribution is 9.10. The van der Waals surface area contributed by atoms with E-state index in [1.165, 1.54) is 6.21 Å². The second-order valence-corrected chi connectivity index (χ2v) is 6.67. The van der Waals surface area contributed by atoms with Gasteiger partial charge >= 0.3 is 0 Å².